The minimum absolute atomic E-state index is 0.0805. The van der Waals surface area contributed by atoms with Gasteiger partial charge in [0.1, 0.15) is 5.75 Å². The summed E-state index contributed by atoms with van der Waals surface area (Å²) in [4.78, 5) is 2.11. The van der Waals surface area contributed by atoms with Gasteiger partial charge in [-0.25, -0.2) is 8.42 Å². The molecule has 104 valence electrons. The van der Waals surface area contributed by atoms with Gasteiger partial charge in [0.25, 0.3) is 0 Å². The van der Waals surface area contributed by atoms with Crippen molar-refractivity contribution in [2.75, 3.05) is 29.6 Å². The molecule has 0 aromatic heterocycles. The van der Waals surface area contributed by atoms with Crippen LogP contribution in [0.4, 0.5) is 5.69 Å². The summed E-state index contributed by atoms with van der Waals surface area (Å²) in [6, 6.07) is 7.29. The summed E-state index contributed by atoms with van der Waals surface area (Å²) >= 11 is 0. The SMILES string of the molecule is NC1CS(=O)(=O)CC1N1CCCOc2ccccc21. The zero-order chi connectivity index (χ0) is 13.5. The number of para-hydroxylation sites is 2. The van der Waals surface area contributed by atoms with Gasteiger partial charge >= 0.3 is 0 Å². The molecule has 2 heterocycles. The first-order valence-corrected chi connectivity index (χ1v) is 8.33. The fourth-order valence-electron chi connectivity index (χ4n) is 2.88. The lowest BCUT2D eigenvalue weighted by molar-refractivity contribution is 0.322. The summed E-state index contributed by atoms with van der Waals surface area (Å²) < 4.78 is 29.2. The molecule has 0 spiro atoms. The second kappa shape index (κ2) is 4.68. The lowest BCUT2D eigenvalue weighted by Crippen LogP contribution is -2.47. The number of fused-ring (bicyclic) bond motifs is 1. The number of sulfone groups is 1. The molecule has 0 radical (unpaired) electrons. The molecule has 0 amide bonds. The Bertz CT molecular complexity index is 573. The maximum absolute atomic E-state index is 11.8. The molecule has 2 atom stereocenters. The van der Waals surface area contributed by atoms with Crippen molar-refractivity contribution in [3.05, 3.63) is 24.3 Å². The van der Waals surface area contributed by atoms with Gasteiger partial charge in [0.05, 0.1) is 29.8 Å². The maximum Gasteiger partial charge on any atom is 0.153 e. The highest BCUT2D eigenvalue weighted by Crippen LogP contribution is 2.34. The van der Waals surface area contributed by atoms with Crippen LogP contribution in [0.2, 0.25) is 0 Å². The van der Waals surface area contributed by atoms with Gasteiger partial charge < -0.3 is 15.4 Å². The average molecular weight is 282 g/mol. The molecular formula is C13H18N2O3S. The largest absolute Gasteiger partial charge is 0.491 e. The van der Waals surface area contributed by atoms with Crippen LogP contribution in [-0.2, 0) is 9.84 Å². The second-order valence-corrected chi connectivity index (χ2v) is 7.33. The van der Waals surface area contributed by atoms with E-state index in [2.05, 4.69) is 4.90 Å². The molecule has 6 heteroatoms. The molecule has 1 aromatic rings. The summed E-state index contributed by atoms with van der Waals surface area (Å²) in [5.41, 5.74) is 6.99. The Balaban J connectivity index is 1.97. The standard InChI is InChI=1S/C13H18N2O3S/c14-10-8-19(16,17)9-12(10)15-6-3-7-18-13-5-2-1-4-11(13)15/h1-2,4-5,10,12H,3,6-9,14H2. The van der Waals surface area contributed by atoms with Crippen LogP contribution in [0.25, 0.3) is 0 Å². The third-order valence-corrected chi connectivity index (χ3v) is 5.48. The molecule has 0 aliphatic carbocycles. The van der Waals surface area contributed by atoms with Crippen LogP contribution in [0, 0.1) is 0 Å². The van der Waals surface area contributed by atoms with Gasteiger partial charge in [-0.2, -0.15) is 0 Å². The fourth-order valence-corrected chi connectivity index (χ4v) is 4.77. The normalized spacial score (nSPS) is 29.4. The van der Waals surface area contributed by atoms with Gasteiger partial charge in [-0.15, -0.1) is 0 Å². The van der Waals surface area contributed by atoms with Crippen molar-refractivity contribution in [2.45, 2.75) is 18.5 Å². The third-order valence-electron chi connectivity index (χ3n) is 3.74. The number of hydrogen-bond acceptors (Lipinski definition) is 5. The van der Waals surface area contributed by atoms with Crippen molar-refractivity contribution in [1.82, 2.24) is 0 Å². The predicted octanol–water partition coefficient (Wildman–Crippen LogP) is 0.400. The minimum Gasteiger partial charge on any atom is -0.491 e. The van der Waals surface area contributed by atoms with Crippen LogP contribution in [-0.4, -0.2) is 45.2 Å². The van der Waals surface area contributed by atoms with Crippen LogP contribution >= 0.6 is 0 Å². The smallest absolute Gasteiger partial charge is 0.153 e. The molecule has 0 saturated carbocycles. The Morgan fingerprint density at radius 2 is 2.05 bits per heavy atom. The molecule has 5 nitrogen and oxygen atoms in total. The van der Waals surface area contributed by atoms with Crippen LogP contribution in [0.3, 0.4) is 0 Å². The predicted molar refractivity (Wildman–Crippen MR) is 74.3 cm³/mol. The highest BCUT2D eigenvalue weighted by atomic mass is 32.2. The van der Waals surface area contributed by atoms with Gasteiger partial charge in [0.15, 0.2) is 9.84 Å². The van der Waals surface area contributed by atoms with E-state index in [9.17, 15) is 8.42 Å². The fraction of sp³-hybridized carbons (Fsp3) is 0.538. The first kappa shape index (κ1) is 12.7. The lowest BCUT2D eigenvalue weighted by atomic mass is 10.1. The first-order valence-electron chi connectivity index (χ1n) is 6.51. The highest BCUT2D eigenvalue weighted by molar-refractivity contribution is 7.91. The van der Waals surface area contributed by atoms with E-state index in [1.165, 1.54) is 0 Å². The Labute approximate surface area is 113 Å². The number of nitrogens with zero attached hydrogens (tertiary/aromatic N) is 1. The van der Waals surface area contributed by atoms with Crippen molar-refractivity contribution in [2.24, 2.45) is 5.73 Å². The maximum atomic E-state index is 11.8. The molecule has 2 aliphatic heterocycles. The van der Waals surface area contributed by atoms with E-state index >= 15 is 0 Å². The lowest BCUT2D eigenvalue weighted by Gasteiger charge is -2.32. The zero-order valence-electron chi connectivity index (χ0n) is 10.7. The molecule has 1 fully saturated rings. The Kier molecular flexibility index (Phi) is 3.14. The number of rotatable bonds is 1. The molecule has 2 aliphatic rings. The van der Waals surface area contributed by atoms with E-state index in [4.69, 9.17) is 10.5 Å². The Hall–Kier alpha value is -1.27. The van der Waals surface area contributed by atoms with E-state index < -0.39 is 9.84 Å². The summed E-state index contributed by atoms with van der Waals surface area (Å²) in [6.45, 7) is 1.44. The molecule has 2 N–H and O–H groups in total. The van der Waals surface area contributed by atoms with E-state index in [1.54, 1.807) is 0 Å². The second-order valence-electron chi connectivity index (χ2n) is 5.17. The van der Waals surface area contributed by atoms with Crippen molar-refractivity contribution < 1.29 is 13.2 Å². The van der Waals surface area contributed by atoms with Gasteiger partial charge in [0, 0.05) is 12.6 Å². The van der Waals surface area contributed by atoms with Crippen molar-refractivity contribution in [1.29, 1.82) is 0 Å². The summed E-state index contributed by atoms with van der Waals surface area (Å²) in [6.07, 6.45) is 0.873. The molecule has 19 heavy (non-hydrogen) atoms. The van der Waals surface area contributed by atoms with Gasteiger partial charge in [-0.3, -0.25) is 0 Å². The first-order chi connectivity index (χ1) is 9.07. The quantitative estimate of drug-likeness (QED) is 0.807. The van der Waals surface area contributed by atoms with E-state index in [0.717, 1.165) is 24.4 Å². The average Bonchev–Trinajstić information content (AvgIpc) is 2.55. The molecule has 3 rings (SSSR count). The van der Waals surface area contributed by atoms with E-state index in [-0.39, 0.29) is 23.6 Å². The van der Waals surface area contributed by atoms with E-state index in [1.807, 2.05) is 24.3 Å². The van der Waals surface area contributed by atoms with Crippen LogP contribution in [0.15, 0.2) is 24.3 Å². The topological polar surface area (TPSA) is 72.6 Å². The molecule has 0 bridgehead atoms. The Morgan fingerprint density at radius 1 is 1.26 bits per heavy atom. The van der Waals surface area contributed by atoms with Gasteiger partial charge in [0.2, 0.25) is 0 Å². The molecule has 2 unspecified atom stereocenters. The molecule has 1 saturated heterocycles. The minimum atomic E-state index is -3.02. The van der Waals surface area contributed by atoms with Crippen LogP contribution < -0.4 is 15.4 Å². The molecule has 1 aromatic carbocycles. The van der Waals surface area contributed by atoms with Crippen molar-refractivity contribution >= 4 is 15.5 Å². The number of ether oxygens (including phenoxy) is 1. The summed E-state index contributed by atoms with van der Waals surface area (Å²) in [5.74, 6) is 1.04. The number of benzene rings is 1. The van der Waals surface area contributed by atoms with Crippen molar-refractivity contribution in [3.63, 3.8) is 0 Å². The van der Waals surface area contributed by atoms with Crippen LogP contribution in [0.5, 0.6) is 5.75 Å². The molecular weight excluding hydrogens is 264 g/mol. The summed E-state index contributed by atoms with van der Waals surface area (Å²) in [7, 11) is -3.02. The Morgan fingerprint density at radius 3 is 2.79 bits per heavy atom. The highest BCUT2D eigenvalue weighted by Gasteiger charge is 2.39. The van der Waals surface area contributed by atoms with E-state index in [0.29, 0.717) is 6.61 Å². The van der Waals surface area contributed by atoms with Gasteiger partial charge in [-0.1, -0.05) is 12.1 Å². The number of nitrogens with two attached hydrogens (primary N) is 1. The number of anilines is 1. The number of hydrogen-bond donors (Lipinski definition) is 1. The third kappa shape index (κ3) is 2.42. The zero-order valence-corrected chi connectivity index (χ0v) is 11.5. The van der Waals surface area contributed by atoms with Crippen molar-refractivity contribution in [3.8, 4) is 5.75 Å². The van der Waals surface area contributed by atoms with Gasteiger partial charge in [-0.05, 0) is 18.6 Å². The summed E-state index contributed by atoms with van der Waals surface area (Å²) in [5, 5.41) is 0. The monoisotopic (exact) mass is 282 g/mol. The van der Waals surface area contributed by atoms with Crippen LogP contribution in [0.1, 0.15) is 6.42 Å².